The summed E-state index contributed by atoms with van der Waals surface area (Å²) in [6.45, 7) is 4.64. The van der Waals surface area contributed by atoms with Gasteiger partial charge in [-0.2, -0.15) is 0 Å². The molecule has 2 aliphatic carbocycles. The van der Waals surface area contributed by atoms with Crippen LogP contribution in [0.4, 0.5) is 0 Å². The molecule has 3 heteroatoms. The Hall–Kier alpha value is 0.254. The van der Waals surface area contributed by atoms with Crippen molar-refractivity contribution in [2.24, 2.45) is 0 Å². The second-order valence-electron chi connectivity index (χ2n) is 6.30. The summed E-state index contributed by atoms with van der Waals surface area (Å²) in [7, 11) is 0. The molecule has 0 unspecified atom stereocenters. The zero-order valence-corrected chi connectivity index (χ0v) is 16.3. The van der Waals surface area contributed by atoms with Gasteiger partial charge in [0.15, 0.2) is 0 Å². The van der Waals surface area contributed by atoms with Gasteiger partial charge in [0.2, 0.25) is 0 Å². The first-order valence-corrected chi connectivity index (χ1v) is 11.9. The van der Waals surface area contributed by atoms with Gasteiger partial charge in [-0.05, 0) is 0 Å². The smallest absolute Gasteiger partial charge is 1.00 e. The molecule has 3 aliphatic rings. The second kappa shape index (κ2) is 8.20. The number of hydrogen-bond acceptors (Lipinski definition) is 0. The van der Waals surface area contributed by atoms with Crippen LogP contribution in [0.25, 0.3) is 0 Å². The third-order valence-electron chi connectivity index (χ3n) is 5.00. The first kappa shape index (κ1) is 19.3. The minimum atomic E-state index is -1.73. The Bertz CT molecular complexity index is 451. The van der Waals surface area contributed by atoms with Crippen LogP contribution in [0.15, 0.2) is 43.2 Å². The van der Waals surface area contributed by atoms with E-state index in [-0.39, 0.29) is 24.8 Å². The maximum Gasteiger partial charge on any atom is -1.00 e. The van der Waals surface area contributed by atoms with E-state index >= 15 is 0 Å². The van der Waals surface area contributed by atoms with Crippen LogP contribution >= 0.6 is 0 Å². The SMILES string of the molecule is CCCC1=[C]([Ti+2]2([C]3=C(CCC)C=CC3)[CH2][CH2]2)CC=C1.[Cl-].[Cl-]. The molecule has 0 atom stereocenters. The number of hydrogen-bond donors (Lipinski definition) is 0. The van der Waals surface area contributed by atoms with Gasteiger partial charge in [0.05, 0.1) is 0 Å². The Kier molecular flexibility index (Phi) is 7.54. The second-order valence-corrected chi connectivity index (χ2v) is 13.1. The third-order valence-corrected chi connectivity index (χ3v) is 12.6. The molecule has 1 aliphatic heterocycles. The number of allylic oxidation sites excluding steroid dienone is 8. The molecule has 0 aromatic carbocycles. The van der Waals surface area contributed by atoms with Crippen molar-refractivity contribution in [3.63, 3.8) is 0 Å². The van der Waals surface area contributed by atoms with Gasteiger partial charge in [0.25, 0.3) is 0 Å². The Morgan fingerprint density at radius 1 is 0.810 bits per heavy atom. The van der Waals surface area contributed by atoms with E-state index in [2.05, 4.69) is 38.2 Å². The Morgan fingerprint density at radius 2 is 1.24 bits per heavy atom. The fraction of sp³-hybridized carbons (Fsp3) is 0.556. The molecular weight excluding hydrogens is 335 g/mol. The van der Waals surface area contributed by atoms with Crippen molar-refractivity contribution in [1.29, 1.82) is 0 Å². The maximum atomic E-state index is 2.45. The van der Waals surface area contributed by atoms with Crippen LogP contribution in [-0.4, -0.2) is 0 Å². The molecule has 116 valence electrons. The van der Waals surface area contributed by atoms with Crippen LogP contribution in [0.1, 0.15) is 52.4 Å². The molecule has 1 heterocycles. The molecule has 0 bridgehead atoms. The van der Waals surface area contributed by atoms with Crippen LogP contribution in [0, 0.1) is 0 Å². The van der Waals surface area contributed by atoms with E-state index < -0.39 is 16.6 Å². The molecule has 1 saturated heterocycles. The summed E-state index contributed by atoms with van der Waals surface area (Å²) in [4.78, 5) is 0. The molecule has 0 amide bonds. The Labute approximate surface area is 146 Å². The van der Waals surface area contributed by atoms with Crippen molar-refractivity contribution in [2.45, 2.75) is 61.8 Å². The number of halogens is 2. The van der Waals surface area contributed by atoms with Crippen LogP contribution in [0.2, 0.25) is 9.45 Å². The predicted molar refractivity (Wildman–Crippen MR) is 81.0 cm³/mol. The minimum Gasteiger partial charge on any atom is -1.00 e. The molecule has 0 saturated carbocycles. The quantitative estimate of drug-likeness (QED) is 0.586. The summed E-state index contributed by atoms with van der Waals surface area (Å²) in [6, 6.07) is 0. The van der Waals surface area contributed by atoms with Crippen LogP contribution in [-0.2, 0) is 16.6 Å². The fourth-order valence-electron chi connectivity index (χ4n) is 4.02. The van der Waals surface area contributed by atoms with Crippen molar-refractivity contribution in [1.82, 2.24) is 0 Å². The summed E-state index contributed by atoms with van der Waals surface area (Å²) in [5.41, 5.74) is 3.49. The zero-order valence-electron chi connectivity index (χ0n) is 13.2. The van der Waals surface area contributed by atoms with Gasteiger partial charge in [0.1, 0.15) is 0 Å². The fourth-order valence-corrected chi connectivity index (χ4v) is 12.6. The summed E-state index contributed by atoms with van der Waals surface area (Å²) in [5.74, 6) is 0. The normalized spacial score (nSPS) is 20.1. The predicted octanol–water partition coefficient (Wildman–Crippen LogP) is 0.0267. The van der Waals surface area contributed by atoms with Gasteiger partial charge in [-0.15, -0.1) is 0 Å². The van der Waals surface area contributed by atoms with E-state index in [1.165, 1.54) is 38.5 Å². The van der Waals surface area contributed by atoms with Crippen LogP contribution < -0.4 is 24.8 Å². The summed E-state index contributed by atoms with van der Waals surface area (Å²) in [6.07, 6.45) is 17.6. The average Bonchev–Trinajstić information content (AvgIpc) is 2.86. The van der Waals surface area contributed by atoms with Gasteiger partial charge >= 0.3 is 122 Å². The maximum absolute atomic E-state index is 2.45. The van der Waals surface area contributed by atoms with E-state index in [4.69, 9.17) is 0 Å². The zero-order chi connectivity index (χ0) is 13.3. The minimum absolute atomic E-state index is 0. The molecule has 0 spiro atoms. The molecule has 0 radical (unpaired) electrons. The third kappa shape index (κ3) is 3.61. The molecule has 3 rings (SSSR count). The van der Waals surface area contributed by atoms with Crippen LogP contribution in [0.5, 0.6) is 0 Å². The van der Waals surface area contributed by atoms with E-state index in [0.29, 0.717) is 0 Å². The first-order chi connectivity index (χ1) is 9.31. The summed E-state index contributed by atoms with van der Waals surface area (Å²) < 4.78 is 7.12. The van der Waals surface area contributed by atoms with Crippen molar-refractivity contribution in [3.05, 3.63) is 43.2 Å². The largest absolute Gasteiger partial charge is 1.00 e. The van der Waals surface area contributed by atoms with E-state index in [0.717, 1.165) is 0 Å². The van der Waals surface area contributed by atoms with E-state index in [9.17, 15) is 0 Å². The average molecular weight is 361 g/mol. The molecule has 0 aromatic rings. The van der Waals surface area contributed by atoms with Crippen molar-refractivity contribution >= 4 is 0 Å². The topological polar surface area (TPSA) is 0 Å². The monoisotopic (exact) mass is 360 g/mol. The van der Waals surface area contributed by atoms with Gasteiger partial charge in [-0.3, -0.25) is 0 Å². The van der Waals surface area contributed by atoms with Gasteiger partial charge in [-0.1, -0.05) is 0 Å². The summed E-state index contributed by atoms with van der Waals surface area (Å²) in [5, 5.41) is 0. The van der Waals surface area contributed by atoms with Crippen molar-refractivity contribution < 1.29 is 41.4 Å². The molecule has 0 N–H and O–H groups in total. The van der Waals surface area contributed by atoms with Gasteiger partial charge < -0.3 is 24.8 Å². The molecule has 21 heavy (non-hydrogen) atoms. The Morgan fingerprint density at radius 3 is 1.57 bits per heavy atom. The standard InChI is InChI=1S/2C8H11.C2H4.2ClH.Ti/c2*1-2-5-8-6-3-4-7-8;1-2;;;/h2*3,6H,2,4-5H2,1H3;1-2H2;2*1H;/q;;;;;+2/p-2. The van der Waals surface area contributed by atoms with Crippen LogP contribution in [0.3, 0.4) is 0 Å². The van der Waals surface area contributed by atoms with Crippen molar-refractivity contribution in [3.8, 4) is 0 Å². The number of rotatable bonds is 6. The first-order valence-electron chi connectivity index (χ1n) is 8.10. The molecule has 1 fully saturated rings. The van der Waals surface area contributed by atoms with E-state index in [1.54, 1.807) is 20.6 Å². The molecule has 0 aromatic heterocycles. The summed E-state index contributed by atoms with van der Waals surface area (Å²) >= 11 is -1.73. The molecule has 0 nitrogen and oxygen atoms in total. The van der Waals surface area contributed by atoms with Gasteiger partial charge in [0, 0.05) is 0 Å². The Balaban J connectivity index is 0.00000110. The molecular formula is C18H26Cl2Ti. The van der Waals surface area contributed by atoms with E-state index in [1.807, 2.05) is 7.76 Å². The van der Waals surface area contributed by atoms with Gasteiger partial charge in [-0.25, -0.2) is 0 Å². The van der Waals surface area contributed by atoms with Crippen molar-refractivity contribution in [2.75, 3.05) is 0 Å².